The Kier molecular flexibility index (Phi) is 4.48. The zero-order valence-corrected chi connectivity index (χ0v) is 14.3. The summed E-state index contributed by atoms with van der Waals surface area (Å²) in [5, 5.41) is 14.8. The van der Waals surface area contributed by atoms with Gasteiger partial charge in [-0.2, -0.15) is 4.52 Å². The second-order valence-electron chi connectivity index (χ2n) is 7.01. The van der Waals surface area contributed by atoms with Gasteiger partial charge < -0.3 is 15.0 Å². The second kappa shape index (κ2) is 6.91. The van der Waals surface area contributed by atoms with Crippen molar-refractivity contribution >= 4 is 17.4 Å². The van der Waals surface area contributed by atoms with E-state index < -0.39 is 0 Å². The number of likely N-dealkylation sites (tertiary alicyclic amines) is 1. The predicted octanol–water partition coefficient (Wildman–Crippen LogP) is 0.452. The van der Waals surface area contributed by atoms with Crippen molar-refractivity contribution in [1.82, 2.24) is 29.9 Å². The minimum atomic E-state index is -0.0747. The van der Waals surface area contributed by atoms with Crippen molar-refractivity contribution in [3.63, 3.8) is 0 Å². The van der Waals surface area contributed by atoms with E-state index in [2.05, 4.69) is 32.7 Å². The van der Waals surface area contributed by atoms with Crippen LogP contribution in [0, 0.1) is 17.8 Å². The molecule has 0 aliphatic carbocycles. The number of amides is 1. The summed E-state index contributed by atoms with van der Waals surface area (Å²) in [6.45, 7) is 5.89. The van der Waals surface area contributed by atoms with Crippen molar-refractivity contribution in [2.75, 3.05) is 38.2 Å². The van der Waals surface area contributed by atoms with Crippen LogP contribution in [-0.4, -0.2) is 68.7 Å². The van der Waals surface area contributed by atoms with Crippen LogP contribution in [0.25, 0.3) is 5.65 Å². The van der Waals surface area contributed by atoms with Gasteiger partial charge in [-0.15, -0.1) is 5.10 Å². The Morgan fingerprint density at radius 3 is 2.96 bits per heavy atom. The number of carbonyl (C=O) groups is 1. The number of carbonyl (C=O) groups excluding carboxylic acids is 1. The maximum atomic E-state index is 13.0. The Hall–Kier alpha value is -2.29. The maximum Gasteiger partial charge on any atom is 0.227 e. The van der Waals surface area contributed by atoms with Crippen LogP contribution in [0.5, 0.6) is 0 Å². The SMILES string of the molecule is CC1CN(C(=O)C(CNc2nccn3nnnc23)C2CCOCC2)C1. The Balaban J connectivity index is 1.49. The number of rotatable bonds is 5. The summed E-state index contributed by atoms with van der Waals surface area (Å²) in [4.78, 5) is 19.3. The number of fused-ring (bicyclic) bond motifs is 1. The minimum absolute atomic E-state index is 0.0747. The highest BCUT2D eigenvalue weighted by atomic mass is 16.5. The van der Waals surface area contributed by atoms with E-state index in [9.17, 15) is 4.79 Å². The molecule has 2 aromatic rings. The van der Waals surface area contributed by atoms with Crippen LogP contribution < -0.4 is 5.32 Å². The number of anilines is 1. The van der Waals surface area contributed by atoms with Gasteiger partial charge in [0.1, 0.15) is 0 Å². The van der Waals surface area contributed by atoms with Crippen LogP contribution >= 0.6 is 0 Å². The molecule has 2 fully saturated rings. The molecule has 25 heavy (non-hydrogen) atoms. The third-order valence-electron chi connectivity index (χ3n) is 5.13. The van der Waals surface area contributed by atoms with Crippen molar-refractivity contribution in [3.05, 3.63) is 12.4 Å². The van der Waals surface area contributed by atoms with E-state index in [-0.39, 0.29) is 11.8 Å². The van der Waals surface area contributed by atoms with E-state index in [1.54, 1.807) is 16.9 Å². The smallest absolute Gasteiger partial charge is 0.227 e. The molecule has 0 aromatic carbocycles. The summed E-state index contributed by atoms with van der Waals surface area (Å²) in [7, 11) is 0. The molecule has 2 aromatic heterocycles. The molecule has 1 N–H and O–H groups in total. The first-order valence-corrected chi connectivity index (χ1v) is 8.85. The number of ether oxygens (including phenoxy) is 1. The Morgan fingerprint density at radius 1 is 1.40 bits per heavy atom. The normalized spacial score (nSPS) is 20.4. The van der Waals surface area contributed by atoms with Crippen molar-refractivity contribution in [3.8, 4) is 0 Å². The molecule has 9 heteroatoms. The molecular weight excluding hydrogens is 322 g/mol. The maximum absolute atomic E-state index is 13.0. The van der Waals surface area contributed by atoms with Crippen LogP contribution in [-0.2, 0) is 9.53 Å². The highest BCUT2D eigenvalue weighted by Gasteiger charge is 2.36. The first kappa shape index (κ1) is 16.2. The lowest BCUT2D eigenvalue weighted by atomic mass is 9.83. The predicted molar refractivity (Wildman–Crippen MR) is 89.8 cm³/mol. The fourth-order valence-corrected chi connectivity index (χ4v) is 3.70. The molecule has 1 unspecified atom stereocenters. The van der Waals surface area contributed by atoms with Gasteiger partial charge in [0, 0.05) is 39.0 Å². The van der Waals surface area contributed by atoms with Gasteiger partial charge in [-0.05, 0) is 35.1 Å². The summed E-state index contributed by atoms with van der Waals surface area (Å²) in [5.74, 6) is 1.71. The highest BCUT2D eigenvalue weighted by Crippen LogP contribution is 2.28. The van der Waals surface area contributed by atoms with E-state index >= 15 is 0 Å². The van der Waals surface area contributed by atoms with Gasteiger partial charge >= 0.3 is 0 Å². The van der Waals surface area contributed by atoms with E-state index in [4.69, 9.17) is 4.74 Å². The molecule has 0 radical (unpaired) electrons. The highest BCUT2D eigenvalue weighted by molar-refractivity contribution is 5.80. The van der Waals surface area contributed by atoms with E-state index in [1.807, 2.05) is 4.90 Å². The van der Waals surface area contributed by atoms with E-state index in [0.717, 1.165) is 39.1 Å². The number of nitrogens with zero attached hydrogens (tertiary/aromatic N) is 6. The van der Waals surface area contributed by atoms with Crippen LogP contribution in [0.1, 0.15) is 19.8 Å². The third kappa shape index (κ3) is 3.28. The molecule has 1 atom stereocenters. The molecule has 0 spiro atoms. The number of hydrogen-bond donors (Lipinski definition) is 1. The molecule has 2 aliphatic heterocycles. The molecule has 2 aliphatic rings. The quantitative estimate of drug-likeness (QED) is 0.840. The molecule has 0 bridgehead atoms. The number of nitrogens with one attached hydrogen (secondary N) is 1. The average Bonchev–Trinajstić information content (AvgIpc) is 3.09. The Bertz CT molecular complexity index is 737. The summed E-state index contributed by atoms with van der Waals surface area (Å²) >= 11 is 0. The van der Waals surface area contributed by atoms with Crippen molar-refractivity contribution < 1.29 is 9.53 Å². The van der Waals surface area contributed by atoms with Crippen molar-refractivity contribution in [2.45, 2.75) is 19.8 Å². The topological polar surface area (TPSA) is 97.5 Å². The summed E-state index contributed by atoms with van der Waals surface area (Å²) in [6, 6.07) is 0. The van der Waals surface area contributed by atoms with Gasteiger partial charge in [-0.25, -0.2) is 4.98 Å². The number of hydrogen-bond acceptors (Lipinski definition) is 7. The second-order valence-corrected chi connectivity index (χ2v) is 7.01. The third-order valence-corrected chi connectivity index (χ3v) is 5.13. The standard InChI is InChI=1S/C16H23N7O2/c1-11-9-22(10-11)16(24)13(12-2-6-25-7-3-12)8-18-14-15-19-20-21-23(15)5-4-17-14/h4-5,11-13H,2-3,6-10H2,1H3,(H,17,18). The molecule has 1 amide bonds. The lowest BCUT2D eigenvalue weighted by Crippen LogP contribution is -2.53. The van der Waals surface area contributed by atoms with Crippen LogP contribution in [0.15, 0.2) is 12.4 Å². The van der Waals surface area contributed by atoms with Crippen LogP contribution in [0.2, 0.25) is 0 Å². The molecule has 134 valence electrons. The van der Waals surface area contributed by atoms with Crippen molar-refractivity contribution in [2.24, 2.45) is 17.8 Å². The number of tetrazole rings is 1. The fourth-order valence-electron chi connectivity index (χ4n) is 3.70. The molecule has 4 heterocycles. The van der Waals surface area contributed by atoms with Gasteiger partial charge in [-0.1, -0.05) is 6.92 Å². The van der Waals surface area contributed by atoms with Gasteiger partial charge in [0.15, 0.2) is 5.82 Å². The zero-order chi connectivity index (χ0) is 17.2. The van der Waals surface area contributed by atoms with Crippen molar-refractivity contribution in [1.29, 1.82) is 0 Å². The molecule has 2 saturated heterocycles. The molecular formula is C16H23N7O2. The molecule has 9 nitrogen and oxygen atoms in total. The van der Waals surface area contributed by atoms with E-state index in [0.29, 0.717) is 29.8 Å². The molecule has 4 rings (SSSR count). The number of aromatic nitrogens is 5. The monoisotopic (exact) mass is 345 g/mol. The largest absolute Gasteiger partial charge is 0.381 e. The lowest BCUT2D eigenvalue weighted by molar-refractivity contribution is -0.144. The van der Waals surface area contributed by atoms with Crippen LogP contribution in [0.4, 0.5) is 5.82 Å². The summed E-state index contributed by atoms with van der Waals surface area (Å²) in [5.41, 5.74) is 0.568. The van der Waals surface area contributed by atoms with Gasteiger partial charge in [-0.3, -0.25) is 4.79 Å². The lowest BCUT2D eigenvalue weighted by Gasteiger charge is -2.41. The Labute approximate surface area is 145 Å². The zero-order valence-electron chi connectivity index (χ0n) is 14.3. The first-order chi connectivity index (χ1) is 12.2. The summed E-state index contributed by atoms with van der Waals surface area (Å²) in [6.07, 6.45) is 5.19. The first-order valence-electron chi connectivity index (χ1n) is 8.85. The average molecular weight is 345 g/mol. The van der Waals surface area contributed by atoms with Gasteiger partial charge in [0.2, 0.25) is 11.6 Å². The van der Waals surface area contributed by atoms with E-state index in [1.165, 1.54) is 0 Å². The van der Waals surface area contributed by atoms with Gasteiger partial charge in [0.05, 0.1) is 12.1 Å². The molecule has 0 saturated carbocycles. The fraction of sp³-hybridized carbons (Fsp3) is 0.688. The Morgan fingerprint density at radius 2 is 2.20 bits per heavy atom. The summed E-state index contributed by atoms with van der Waals surface area (Å²) < 4.78 is 7.04. The minimum Gasteiger partial charge on any atom is -0.381 e. The van der Waals surface area contributed by atoms with Gasteiger partial charge in [0.25, 0.3) is 0 Å². The van der Waals surface area contributed by atoms with Crippen LogP contribution in [0.3, 0.4) is 0 Å².